The molecule has 10 heteroatoms. The van der Waals surface area contributed by atoms with Crippen LogP contribution in [0.2, 0.25) is 0 Å². The molecule has 2 aliphatic heterocycles. The quantitative estimate of drug-likeness (QED) is 0.524. The number of sulfone groups is 1. The van der Waals surface area contributed by atoms with Gasteiger partial charge in [0.1, 0.15) is 11.6 Å². The number of fused-ring (bicyclic) bond motifs is 5. The van der Waals surface area contributed by atoms with Gasteiger partial charge < -0.3 is 24.4 Å². The van der Waals surface area contributed by atoms with E-state index in [2.05, 4.69) is 15.2 Å². The number of hydrogen-bond acceptors (Lipinski definition) is 8. The predicted octanol–water partition coefficient (Wildman–Crippen LogP) is 3.65. The highest BCUT2D eigenvalue weighted by Crippen LogP contribution is 2.33. The summed E-state index contributed by atoms with van der Waals surface area (Å²) in [5, 5.41) is 3.20. The van der Waals surface area contributed by atoms with Crippen LogP contribution in [0.5, 0.6) is 17.2 Å². The molecule has 39 heavy (non-hydrogen) atoms. The van der Waals surface area contributed by atoms with Crippen LogP contribution in [-0.2, 0) is 38.1 Å². The Balaban J connectivity index is 1.36. The average molecular weight is 552 g/mol. The highest BCUT2D eigenvalue weighted by Gasteiger charge is 2.32. The molecule has 1 saturated heterocycles. The van der Waals surface area contributed by atoms with E-state index >= 15 is 0 Å². The largest absolute Gasteiger partial charge is 0.493 e. The maximum atomic E-state index is 13.1. The van der Waals surface area contributed by atoms with Gasteiger partial charge in [-0.2, -0.15) is 0 Å². The van der Waals surface area contributed by atoms with Crippen LogP contribution in [0.25, 0.3) is 0 Å². The number of nitrogens with one attached hydrogen (secondary N) is 1. The number of piperidine rings is 1. The van der Waals surface area contributed by atoms with Gasteiger partial charge in [-0.15, -0.1) is 0 Å². The van der Waals surface area contributed by atoms with E-state index in [1.165, 1.54) is 6.26 Å². The summed E-state index contributed by atoms with van der Waals surface area (Å²) < 4.78 is 41.2. The fraction of sp³-hybridized carbons (Fsp3) is 0.379. The minimum Gasteiger partial charge on any atom is -0.493 e. The van der Waals surface area contributed by atoms with Crippen LogP contribution in [-0.4, -0.2) is 57.9 Å². The number of hydrogen-bond donors (Lipinski definition) is 1. The van der Waals surface area contributed by atoms with Crippen molar-refractivity contribution in [3.8, 4) is 17.2 Å². The lowest BCUT2D eigenvalue weighted by Gasteiger charge is -2.39. The number of methoxy groups -OCH3 is 1. The smallest absolute Gasteiger partial charge is 0.220 e. The molecule has 2 aromatic carbocycles. The monoisotopic (exact) mass is 551 g/mol. The Morgan fingerprint density at radius 3 is 2.74 bits per heavy atom. The van der Waals surface area contributed by atoms with E-state index in [9.17, 15) is 13.2 Å². The van der Waals surface area contributed by atoms with Gasteiger partial charge in [-0.3, -0.25) is 4.79 Å². The molecule has 9 nitrogen and oxygen atoms in total. The molecule has 5 rings (SSSR count). The number of carbonyl (C=O) groups excluding carboxylic acids is 1. The van der Waals surface area contributed by atoms with E-state index in [-0.39, 0.29) is 23.8 Å². The number of benzene rings is 2. The van der Waals surface area contributed by atoms with Crippen LogP contribution in [0.4, 0.5) is 5.82 Å². The number of nitrogens with zero attached hydrogens (tertiary/aromatic N) is 2. The lowest BCUT2D eigenvalue weighted by Crippen LogP contribution is -2.56. The second-order valence-corrected chi connectivity index (χ2v) is 12.2. The number of anilines is 1. The number of aryl methyl sites for hydroxylation is 1. The Morgan fingerprint density at radius 2 is 1.97 bits per heavy atom. The zero-order valence-electron chi connectivity index (χ0n) is 22.1. The third-order valence-electron chi connectivity index (χ3n) is 6.92. The lowest BCUT2D eigenvalue weighted by atomic mass is 10.0. The molecule has 0 radical (unpaired) electrons. The minimum atomic E-state index is -3.13. The molecule has 206 valence electrons. The van der Waals surface area contributed by atoms with Gasteiger partial charge in [0.25, 0.3) is 0 Å². The average Bonchev–Trinajstić information content (AvgIpc) is 2.91. The van der Waals surface area contributed by atoms with Gasteiger partial charge in [-0.05, 0) is 59.9 Å². The number of rotatable bonds is 4. The second kappa shape index (κ2) is 11.6. The molecule has 0 spiro atoms. The summed E-state index contributed by atoms with van der Waals surface area (Å²) >= 11 is 0. The first-order valence-corrected chi connectivity index (χ1v) is 15.0. The number of ether oxygens (including phenoxy) is 3. The van der Waals surface area contributed by atoms with Gasteiger partial charge in [-0.1, -0.05) is 24.3 Å². The molecule has 0 aliphatic carbocycles. The van der Waals surface area contributed by atoms with Gasteiger partial charge in [0, 0.05) is 32.0 Å². The highest BCUT2D eigenvalue weighted by atomic mass is 32.2. The molecule has 1 amide bonds. The highest BCUT2D eigenvalue weighted by molar-refractivity contribution is 7.89. The Hall–Kier alpha value is -3.63. The van der Waals surface area contributed by atoms with Crippen molar-refractivity contribution >= 4 is 21.6 Å². The summed E-state index contributed by atoms with van der Waals surface area (Å²) in [5.74, 6) is 2.55. The molecule has 4 bridgehead atoms. The van der Waals surface area contributed by atoms with Crippen LogP contribution in [0.3, 0.4) is 0 Å². The molecule has 1 N–H and O–H groups in total. The summed E-state index contributed by atoms with van der Waals surface area (Å²) in [6, 6.07) is 16.9. The van der Waals surface area contributed by atoms with Gasteiger partial charge in [0.15, 0.2) is 21.3 Å². The number of aromatic nitrogens is 1. The van der Waals surface area contributed by atoms with E-state index in [0.29, 0.717) is 61.8 Å². The second-order valence-electron chi connectivity index (χ2n) is 10.1. The Labute approximate surface area is 229 Å². The van der Waals surface area contributed by atoms with E-state index < -0.39 is 9.84 Å². The van der Waals surface area contributed by atoms with Crippen molar-refractivity contribution < 1.29 is 27.4 Å². The van der Waals surface area contributed by atoms with Crippen molar-refractivity contribution in [3.63, 3.8) is 0 Å². The van der Waals surface area contributed by atoms with Crippen molar-refractivity contribution in [2.45, 2.75) is 43.8 Å². The van der Waals surface area contributed by atoms with Crippen molar-refractivity contribution in [3.05, 3.63) is 77.5 Å². The maximum Gasteiger partial charge on any atom is 0.220 e. The third-order valence-corrected chi connectivity index (χ3v) is 7.77. The molecule has 0 unspecified atom stereocenters. The lowest BCUT2D eigenvalue weighted by molar-refractivity contribution is -0.123. The molecule has 0 saturated carbocycles. The van der Waals surface area contributed by atoms with E-state index in [1.807, 2.05) is 48.5 Å². The van der Waals surface area contributed by atoms with Crippen LogP contribution in [0, 0.1) is 0 Å². The van der Waals surface area contributed by atoms with Crippen LogP contribution >= 0.6 is 0 Å². The summed E-state index contributed by atoms with van der Waals surface area (Å²) in [5.41, 5.74) is 2.59. The van der Waals surface area contributed by atoms with Crippen molar-refractivity contribution in [1.82, 2.24) is 10.3 Å². The summed E-state index contributed by atoms with van der Waals surface area (Å²) in [4.78, 5) is 19.7. The Bertz CT molecular complexity index is 1430. The predicted molar refractivity (Wildman–Crippen MR) is 148 cm³/mol. The minimum absolute atomic E-state index is 0.0448. The third kappa shape index (κ3) is 7.07. The Kier molecular flexibility index (Phi) is 8.04. The van der Waals surface area contributed by atoms with Crippen LogP contribution in [0.15, 0.2) is 60.8 Å². The van der Waals surface area contributed by atoms with E-state index in [4.69, 9.17) is 14.2 Å². The zero-order chi connectivity index (χ0) is 27.4. The van der Waals surface area contributed by atoms with Crippen molar-refractivity contribution in [2.24, 2.45) is 0 Å². The number of amides is 1. The molecular weight excluding hydrogens is 518 g/mol. The molecular formula is C29H33N3O6S. The molecule has 2 atom stereocenters. The molecule has 3 aromatic rings. The fourth-order valence-corrected chi connectivity index (χ4v) is 5.77. The fourth-order valence-electron chi connectivity index (χ4n) is 4.99. The van der Waals surface area contributed by atoms with Gasteiger partial charge >= 0.3 is 0 Å². The van der Waals surface area contributed by atoms with Crippen LogP contribution < -0.4 is 19.7 Å². The molecule has 1 fully saturated rings. The topological polar surface area (TPSA) is 107 Å². The van der Waals surface area contributed by atoms with E-state index in [0.717, 1.165) is 16.9 Å². The van der Waals surface area contributed by atoms with Crippen LogP contribution in [0.1, 0.15) is 29.5 Å². The van der Waals surface area contributed by atoms with E-state index in [1.54, 1.807) is 19.4 Å². The van der Waals surface area contributed by atoms with Gasteiger partial charge in [0.2, 0.25) is 5.91 Å². The zero-order valence-corrected chi connectivity index (χ0v) is 22.9. The molecule has 3 heterocycles. The number of carbonyl (C=O) groups is 1. The van der Waals surface area contributed by atoms with Gasteiger partial charge in [-0.25, -0.2) is 13.4 Å². The number of pyridine rings is 1. The SMILES string of the molecule is COc1ccc2cc1Oc1cccc(c1)CO[C@@H]1CCN(c3ccc(CS(C)(=O)=O)cn3)C[C@@H]1NC(=O)CC2. The first kappa shape index (κ1) is 27.0. The standard InChI is InChI=1S/C29H33N3O6S/c1-36-26-9-6-20-8-11-29(33)31-24-17-32(28-10-7-22(16-30-28)19-39(2,34)35)13-12-25(24)37-18-21-4-3-5-23(14-21)38-27(26)15-20/h3-7,9-10,14-16,24-25H,8,11-13,17-19H2,1-2H3,(H,31,33)/t24-,25+/m0/s1. The summed E-state index contributed by atoms with van der Waals surface area (Å²) in [6.45, 7) is 1.61. The molecule has 1 aromatic heterocycles. The van der Waals surface area contributed by atoms with Crippen molar-refractivity contribution in [2.75, 3.05) is 31.4 Å². The molecule has 2 aliphatic rings. The summed E-state index contributed by atoms with van der Waals surface area (Å²) in [6.07, 6.45) is 4.21. The van der Waals surface area contributed by atoms with Gasteiger partial charge in [0.05, 0.1) is 31.6 Å². The Morgan fingerprint density at radius 1 is 1.10 bits per heavy atom. The maximum absolute atomic E-state index is 13.1. The van der Waals surface area contributed by atoms with Crippen molar-refractivity contribution in [1.29, 1.82) is 0 Å². The normalized spacial score (nSPS) is 20.1. The first-order chi connectivity index (χ1) is 18.8. The summed E-state index contributed by atoms with van der Waals surface area (Å²) in [7, 11) is -1.53. The first-order valence-electron chi connectivity index (χ1n) is 13.0.